The van der Waals surface area contributed by atoms with Crippen LogP contribution in [0.15, 0.2) is 131 Å². The van der Waals surface area contributed by atoms with Crippen molar-refractivity contribution in [3.05, 3.63) is 132 Å². The second-order valence-electron chi connectivity index (χ2n) is 7.69. The van der Waals surface area contributed by atoms with Gasteiger partial charge in [0.05, 0.1) is 0 Å². The van der Waals surface area contributed by atoms with Gasteiger partial charge in [0.2, 0.25) is 0 Å². The molecular weight excluding hydrogens is 661 g/mol. The average Bonchev–Trinajstić information content (AvgIpc) is 2.98. The summed E-state index contributed by atoms with van der Waals surface area (Å²) in [6.07, 6.45) is 7.44. The van der Waals surface area contributed by atoms with Crippen LogP contribution in [0.1, 0.15) is 11.1 Å². The van der Waals surface area contributed by atoms with Crippen molar-refractivity contribution in [2.24, 2.45) is 9.98 Å². The quantitative estimate of drug-likeness (QED) is 0.145. The summed E-state index contributed by atoms with van der Waals surface area (Å²) >= 11 is 6.09. The SMILES string of the molecule is COc1ccccc1N=CC=C([Se])c1ccccc1.COc1ccccc1N=CC=C([Se])c1ccccc1.[Ni]. The van der Waals surface area contributed by atoms with E-state index in [0.717, 1.165) is 42.9 Å². The van der Waals surface area contributed by atoms with Crippen molar-refractivity contribution in [2.75, 3.05) is 14.2 Å². The second-order valence-corrected chi connectivity index (χ2v) is 9.54. The van der Waals surface area contributed by atoms with E-state index in [1.54, 1.807) is 26.6 Å². The molecule has 0 spiro atoms. The first-order chi connectivity index (χ1) is 18.6. The summed E-state index contributed by atoms with van der Waals surface area (Å²) in [6, 6.07) is 35.6. The number of hydrogen-bond acceptors (Lipinski definition) is 4. The molecule has 0 N–H and O–H groups in total. The van der Waals surface area contributed by atoms with Crippen molar-refractivity contribution in [3.8, 4) is 11.5 Å². The van der Waals surface area contributed by atoms with Crippen LogP contribution in [0.25, 0.3) is 8.94 Å². The molecular formula is C32H28N2NiO2Se2. The molecule has 0 bridgehead atoms. The van der Waals surface area contributed by atoms with E-state index in [2.05, 4.69) is 66.3 Å². The predicted octanol–water partition coefficient (Wildman–Crippen LogP) is 7.21. The van der Waals surface area contributed by atoms with Crippen LogP contribution >= 0.6 is 0 Å². The summed E-state index contributed by atoms with van der Waals surface area (Å²) in [5.41, 5.74) is 3.94. The molecule has 7 heteroatoms. The summed E-state index contributed by atoms with van der Waals surface area (Å²) in [7, 11) is 3.29. The third kappa shape index (κ3) is 10.8. The smallest absolute Gasteiger partial charge is 0 e. The number of para-hydroxylation sites is 4. The molecule has 0 aliphatic carbocycles. The van der Waals surface area contributed by atoms with Gasteiger partial charge in [-0.15, -0.1) is 0 Å². The first-order valence-corrected chi connectivity index (χ1v) is 13.5. The summed E-state index contributed by atoms with van der Waals surface area (Å²) in [4.78, 5) is 8.79. The zero-order chi connectivity index (χ0) is 27.0. The minimum Gasteiger partial charge on any atom is 0 e. The molecule has 0 unspecified atom stereocenters. The van der Waals surface area contributed by atoms with E-state index in [0.29, 0.717) is 0 Å². The molecule has 4 rings (SSSR count). The van der Waals surface area contributed by atoms with Crippen molar-refractivity contribution >= 4 is 64.8 Å². The standard InChI is InChI=1S/2C16H14NOSe.Ni/c2*1-18-15-10-6-5-9-14(15)17-12-11-16(19)13-7-3-2-4-8-13;/h2*2-12H,1H3;. The maximum absolute atomic E-state index is 5.25. The molecule has 39 heavy (non-hydrogen) atoms. The van der Waals surface area contributed by atoms with Crippen molar-refractivity contribution in [1.82, 2.24) is 0 Å². The molecule has 4 nitrogen and oxygen atoms in total. The van der Waals surface area contributed by atoms with Crippen LogP contribution in [0.2, 0.25) is 0 Å². The number of allylic oxidation sites excluding steroid dienone is 2. The molecule has 2 radical (unpaired) electrons. The summed E-state index contributed by atoms with van der Waals surface area (Å²) in [5.74, 6) is 1.54. The van der Waals surface area contributed by atoms with Gasteiger partial charge in [-0.1, -0.05) is 0 Å². The maximum Gasteiger partial charge on any atom is 0 e. The van der Waals surface area contributed by atoms with E-state index in [-0.39, 0.29) is 16.5 Å². The van der Waals surface area contributed by atoms with Gasteiger partial charge in [0.1, 0.15) is 0 Å². The largest absolute Gasteiger partial charge is 0 e. The molecule has 0 aliphatic rings. The Bertz CT molecular complexity index is 1300. The predicted molar refractivity (Wildman–Crippen MR) is 163 cm³/mol. The topological polar surface area (TPSA) is 43.2 Å². The molecule has 200 valence electrons. The van der Waals surface area contributed by atoms with Crippen LogP contribution in [-0.2, 0) is 16.5 Å². The molecule has 0 fully saturated rings. The Balaban J connectivity index is 0.000000267. The van der Waals surface area contributed by atoms with Crippen LogP contribution in [0.5, 0.6) is 11.5 Å². The second kappa shape index (κ2) is 18.2. The third-order valence-electron chi connectivity index (χ3n) is 5.17. The van der Waals surface area contributed by atoms with Crippen LogP contribution < -0.4 is 9.47 Å². The Morgan fingerprint density at radius 2 is 0.872 bits per heavy atom. The van der Waals surface area contributed by atoms with Gasteiger partial charge in [0.25, 0.3) is 0 Å². The van der Waals surface area contributed by atoms with Crippen molar-refractivity contribution in [2.45, 2.75) is 0 Å². The molecule has 0 saturated carbocycles. The normalized spacial score (nSPS) is 11.4. The zero-order valence-corrected chi connectivity index (χ0v) is 26.0. The third-order valence-corrected chi connectivity index (χ3v) is 6.73. The van der Waals surface area contributed by atoms with E-state index in [9.17, 15) is 0 Å². The van der Waals surface area contributed by atoms with Crippen LogP contribution in [-0.4, -0.2) is 58.7 Å². The van der Waals surface area contributed by atoms with Crippen LogP contribution in [0.4, 0.5) is 11.4 Å². The summed E-state index contributed by atoms with van der Waals surface area (Å²) < 4.78 is 12.6. The van der Waals surface area contributed by atoms with Crippen molar-refractivity contribution in [3.63, 3.8) is 0 Å². The van der Waals surface area contributed by atoms with E-state index in [4.69, 9.17) is 9.47 Å². The summed E-state index contributed by atoms with van der Waals surface area (Å²) in [5, 5.41) is 0. The van der Waals surface area contributed by atoms with Gasteiger partial charge in [-0.25, -0.2) is 0 Å². The first-order valence-electron chi connectivity index (χ1n) is 11.8. The Morgan fingerprint density at radius 1 is 0.538 bits per heavy atom. The van der Waals surface area contributed by atoms with Gasteiger partial charge in [-0.2, -0.15) is 0 Å². The molecule has 0 heterocycles. The molecule has 4 aromatic rings. The molecule has 0 atom stereocenters. The average molecular weight is 689 g/mol. The van der Waals surface area contributed by atoms with Gasteiger partial charge in [0, 0.05) is 16.5 Å². The van der Waals surface area contributed by atoms with Crippen LogP contribution in [0, 0.1) is 0 Å². The van der Waals surface area contributed by atoms with E-state index < -0.39 is 0 Å². The van der Waals surface area contributed by atoms with Crippen molar-refractivity contribution in [1.29, 1.82) is 0 Å². The van der Waals surface area contributed by atoms with Gasteiger partial charge in [0.15, 0.2) is 0 Å². The fraction of sp³-hybridized carbons (Fsp3) is 0.0625. The number of ether oxygens (including phenoxy) is 2. The van der Waals surface area contributed by atoms with E-state index in [1.807, 2.05) is 97.1 Å². The molecule has 0 saturated heterocycles. The Hall–Kier alpha value is -3.17. The van der Waals surface area contributed by atoms with Gasteiger partial charge in [-0.05, 0) is 0 Å². The Labute approximate surface area is 257 Å². The van der Waals surface area contributed by atoms with Crippen LogP contribution in [0.3, 0.4) is 0 Å². The Morgan fingerprint density at radius 3 is 1.23 bits per heavy atom. The van der Waals surface area contributed by atoms with Crippen molar-refractivity contribution < 1.29 is 26.0 Å². The first kappa shape index (κ1) is 32.0. The molecule has 0 aromatic heterocycles. The number of methoxy groups -OCH3 is 2. The molecule has 0 amide bonds. The van der Waals surface area contributed by atoms with E-state index in [1.165, 1.54) is 0 Å². The van der Waals surface area contributed by atoms with Gasteiger partial charge < -0.3 is 0 Å². The minimum atomic E-state index is 0. The number of hydrogen-bond donors (Lipinski definition) is 0. The minimum absolute atomic E-state index is 0. The monoisotopic (exact) mass is 690 g/mol. The number of aliphatic imine (C=N–C) groups is 2. The number of benzene rings is 4. The molecule has 0 aliphatic heterocycles. The zero-order valence-electron chi connectivity index (χ0n) is 21.5. The Kier molecular flexibility index (Phi) is 14.9. The number of rotatable bonds is 8. The van der Waals surface area contributed by atoms with Gasteiger partial charge in [-0.3, -0.25) is 0 Å². The summed E-state index contributed by atoms with van der Waals surface area (Å²) in [6.45, 7) is 0. The fourth-order valence-corrected chi connectivity index (χ4v) is 4.07. The molecule has 4 aromatic carbocycles. The van der Waals surface area contributed by atoms with Gasteiger partial charge >= 0.3 is 242 Å². The fourth-order valence-electron chi connectivity index (χ4n) is 3.24. The van der Waals surface area contributed by atoms with E-state index >= 15 is 0 Å². The number of nitrogens with zero attached hydrogens (tertiary/aromatic N) is 2. The maximum atomic E-state index is 5.25.